The molecule has 2 rings (SSSR count). The number of rotatable bonds is 5. The lowest BCUT2D eigenvalue weighted by Gasteiger charge is -2.19. The Morgan fingerprint density at radius 3 is 2.52 bits per heavy atom. The van der Waals surface area contributed by atoms with Crippen LogP contribution in [0.2, 0.25) is 0 Å². The molecule has 2 aromatic rings. The van der Waals surface area contributed by atoms with E-state index in [1.54, 1.807) is 18.2 Å². The van der Waals surface area contributed by atoms with Crippen molar-refractivity contribution in [2.75, 3.05) is 14.2 Å². The Morgan fingerprint density at radius 2 is 1.96 bits per heavy atom. The summed E-state index contributed by atoms with van der Waals surface area (Å²) >= 11 is 0. The number of hydroxylamine groups is 1. The molecule has 0 bridgehead atoms. The van der Waals surface area contributed by atoms with Crippen molar-refractivity contribution in [1.82, 2.24) is 5.48 Å². The Bertz CT molecular complexity index is 739. The first-order valence-electron chi connectivity index (χ1n) is 7.09. The third-order valence-electron chi connectivity index (χ3n) is 3.01. The van der Waals surface area contributed by atoms with E-state index in [0.717, 1.165) is 0 Å². The molecule has 0 saturated carbocycles. The molecule has 6 heteroatoms. The number of furan rings is 1. The average molecular weight is 319 g/mol. The van der Waals surface area contributed by atoms with E-state index in [9.17, 15) is 4.79 Å². The van der Waals surface area contributed by atoms with Crippen LogP contribution < -0.4 is 10.2 Å². The van der Waals surface area contributed by atoms with Gasteiger partial charge < -0.3 is 13.9 Å². The third-order valence-corrected chi connectivity index (χ3v) is 3.01. The molecule has 1 aromatic heterocycles. The molecule has 124 valence electrons. The maximum Gasteiger partial charge on any atom is 0.339 e. The van der Waals surface area contributed by atoms with Gasteiger partial charge >= 0.3 is 5.97 Å². The highest BCUT2D eigenvalue weighted by atomic mass is 16.6. The van der Waals surface area contributed by atoms with Crippen LogP contribution in [0.1, 0.15) is 36.9 Å². The van der Waals surface area contributed by atoms with Crippen molar-refractivity contribution in [2.45, 2.75) is 26.4 Å². The molecule has 0 fully saturated rings. The molecule has 1 heterocycles. The van der Waals surface area contributed by atoms with Gasteiger partial charge in [0.25, 0.3) is 0 Å². The number of ether oxygens (including phenoxy) is 2. The van der Waals surface area contributed by atoms with Crippen molar-refractivity contribution >= 4 is 22.6 Å². The van der Waals surface area contributed by atoms with Gasteiger partial charge in [0.1, 0.15) is 5.60 Å². The summed E-state index contributed by atoms with van der Waals surface area (Å²) in [5.74, 6) is 0.530. The molecule has 0 atom stereocenters. The molecular weight excluding hydrogens is 298 g/mol. The van der Waals surface area contributed by atoms with E-state index in [1.165, 1.54) is 14.2 Å². The number of fused-ring (bicyclic) bond motifs is 1. The zero-order valence-electron chi connectivity index (χ0n) is 14.0. The van der Waals surface area contributed by atoms with E-state index in [1.807, 2.05) is 20.8 Å². The van der Waals surface area contributed by atoms with Crippen LogP contribution in [0.5, 0.6) is 5.75 Å². The van der Waals surface area contributed by atoms with Gasteiger partial charge in [0.05, 0.1) is 25.5 Å². The largest absolute Gasteiger partial charge is 0.493 e. The summed E-state index contributed by atoms with van der Waals surface area (Å²) in [7, 11) is 3.01. The second kappa shape index (κ2) is 6.34. The Hall–Kier alpha value is -2.47. The second-order valence-electron chi connectivity index (χ2n) is 5.96. The fraction of sp³-hybridized carbons (Fsp3) is 0.353. The van der Waals surface area contributed by atoms with E-state index >= 15 is 0 Å². The van der Waals surface area contributed by atoms with Gasteiger partial charge in [-0.25, -0.2) is 4.79 Å². The van der Waals surface area contributed by atoms with Crippen LogP contribution in [0.15, 0.2) is 29.2 Å². The summed E-state index contributed by atoms with van der Waals surface area (Å²) in [6.45, 7) is 9.26. The Kier molecular flexibility index (Phi) is 4.65. The van der Waals surface area contributed by atoms with Gasteiger partial charge in [-0.15, -0.1) is 0 Å². The molecule has 1 aromatic carbocycles. The summed E-state index contributed by atoms with van der Waals surface area (Å²) < 4.78 is 16.5. The lowest BCUT2D eigenvalue weighted by atomic mass is 10.1. The van der Waals surface area contributed by atoms with E-state index in [-0.39, 0.29) is 0 Å². The van der Waals surface area contributed by atoms with Crippen molar-refractivity contribution in [3.63, 3.8) is 0 Å². The quantitative estimate of drug-likeness (QED) is 0.672. The zero-order chi connectivity index (χ0) is 17.2. The summed E-state index contributed by atoms with van der Waals surface area (Å²) in [4.78, 5) is 17.2. The van der Waals surface area contributed by atoms with Gasteiger partial charge in [0.2, 0.25) is 0 Å². The number of hydrogen-bond acceptors (Lipinski definition) is 6. The van der Waals surface area contributed by atoms with Crippen molar-refractivity contribution in [1.29, 1.82) is 0 Å². The molecule has 1 N–H and O–H groups in total. The predicted octanol–water partition coefficient (Wildman–Crippen LogP) is 3.52. The third kappa shape index (κ3) is 3.65. The number of carbonyl (C=O) groups excluding carboxylic acids is 1. The van der Waals surface area contributed by atoms with E-state index in [0.29, 0.717) is 33.7 Å². The first-order valence-corrected chi connectivity index (χ1v) is 7.09. The lowest BCUT2D eigenvalue weighted by molar-refractivity contribution is 0.00718. The van der Waals surface area contributed by atoms with Crippen molar-refractivity contribution in [3.05, 3.63) is 36.1 Å². The Balaban J connectivity index is 2.54. The van der Waals surface area contributed by atoms with E-state index < -0.39 is 11.6 Å². The molecule has 0 saturated heterocycles. The normalized spacial score (nSPS) is 11.3. The van der Waals surface area contributed by atoms with Gasteiger partial charge in [0.15, 0.2) is 17.1 Å². The highest BCUT2D eigenvalue weighted by Gasteiger charge is 2.23. The van der Waals surface area contributed by atoms with Crippen LogP contribution in [0.25, 0.3) is 16.7 Å². The summed E-state index contributed by atoms with van der Waals surface area (Å²) in [5, 5.41) is 0.590. The molecule has 23 heavy (non-hydrogen) atoms. The molecule has 0 aliphatic rings. The van der Waals surface area contributed by atoms with Crippen LogP contribution in [0, 0.1) is 0 Å². The van der Waals surface area contributed by atoms with Crippen LogP contribution in [0.4, 0.5) is 0 Å². The van der Waals surface area contributed by atoms with Crippen LogP contribution in [0.3, 0.4) is 0 Å². The van der Waals surface area contributed by atoms with Gasteiger partial charge in [-0.2, -0.15) is 0 Å². The van der Waals surface area contributed by atoms with Crippen LogP contribution >= 0.6 is 0 Å². The highest BCUT2D eigenvalue weighted by molar-refractivity contribution is 6.05. The first kappa shape index (κ1) is 16.9. The minimum absolute atomic E-state index is 0.399. The SMILES string of the molecule is C=C(NOC)c1cc2c(C(=O)OC(C)(C)C)ccc(OC)c2o1. The number of esters is 1. The zero-order valence-corrected chi connectivity index (χ0v) is 14.0. The standard InChI is InChI=1S/C17H21NO5/c1-10(18-21-6)14-9-12-11(16(19)23-17(2,3)4)7-8-13(20-5)15(12)22-14/h7-9,18H,1H2,2-6H3. The van der Waals surface area contributed by atoms with Gasteiger partial charge in [-0.3, -0.25) is 10.3 Å². The van der Waals surface area contributed by atoms with Gasteiger partial charge in [-0.05, 0) is 39.0 Å². The van der Waals surface area contributed by atoms with Gasteiger partial charge in [-0.1, -0.05) is 6.58 Å². The predicted molar refractivity (Wildman–Crippen MR) is 87.1 cm³/mol. The molecule has 6 nitrogen and oxygen atoms in total. The number of carbonyl (C=O) groups is 1. The minimum Gasteiger partial charge on any atom is -0.493 e. The average Bonchev–Trinajstić information content (AvgIpc) is 2.89. The first-order chi connectivity index (χ1) is 10.8. The van der Waals surface area contributed by atoms with E-state index in [4.69, 9.17) is 18.7 Å². The maximum atomic E-state index is 12.4. The summed E-state index contributed by atoms with van der Waals surface area (Å²) in [5.41, 5.74) is 3.30. The topological polar surface area (TPSA) is 69.9 Å². The minimum atomic E-state index is -0.586. The molecule has 0 aliphatic carbocycles. The number of nitrogens with one attached hydrogen (secondary N) is 1. The van der Waals surface area contributed by atoms with Crippen LogP contribution in [-0.2, 0) is 9.57 Å². The highest BCUT2D eigenvalue weighted by Crippen LogP contribution is 2.34. The Labute approximate surface area is 135 Å². The molecule has 0 amide bonds. The molecule has 0 aliphatic heterocycles. The summed E-state index contributed by atoms with van der Waals surface area (Å²) in [6.07, 6.45) is 0. The molecule has 0 unspecified atom stereocenters. The maximum absolute atomic E-state index is 12.4. The fourth-order valence-corrected chi connectivity index (χ4v) is 2.09. The molecule has 0 spiro atoms. The lowest BCUT2D eigenvalue weighted by Crippen LogP contribution is -2.24. The van der Waals surface area contributed by atoms with Crippen molar-refractivity contribution in [3.8, 4) is 5.75 Å². The smallest absolute Gasteiger partial charge is 0.339 e. The van der Waals surface area contributed by atoms with Crippen molar-refractivity contribution in [2.24, 2.45) is 0 Å². The van der Waals surface area contributed by atoms with E-state index in [2.05, 4.69) is 12.1 Å². The van der Waals surface area contributed by atoms with Gasteiger partial charge in [0, 0.05) is 5.39 Å². The summed E-state index contributed by atoms with van der Waals surface area (Å²) in [6, 6.07) is 5.02. The monoisotopic (exact) mass is 319 g/mol. The number of methoxy groups -OCH3 is 1. The van der Waals surface area contributed by atoms with Crippen LogP contribution in [-0.4, -0.2) is 25.8 Å². The number of benzene rings is 1. The molecular formula is C17H21NO5. The number of hydrogen-bond donors (Lipinski definition) is 1. The van der Waals surface area contributed by atoms with Crippen molar-refractivity contribution < 1.29 is 23.5 Å². The molecule has 0 radical (unpaired) electrons. The second-order valence-corrected chi connectivity index (χ2v) is 5.96. The Morgan fingerprint density at radius 1 is 1.26 bits per heavy atom. The fourth-order valence-electron chi connectivity index (χ4n) is 2.09.